The maximum Gasteiger partial charge on any atom is 0.294 e. The van der Waals surface area contributed by atoms with Crippen LogP contribution in [-0.2, 0) is 22.6 Å². The van der Waals surface area contributed by atoms with E-state index in [0.29, 0.717) is 42.4 Å². The lowest BCUT2D eigenvalue weighted by molar-refractivity contribution is -0.127. The van der Waals surface area contributed by atoms with Gasteiger partial charge in [0.2, 0.25) is 5.91 Å². The Morgan fingerprint density at radius 3 is 2.35 bits per heavy atom. The van der Waals surface area contributed by atoms with E-state index < -0.39 is 17.1 Å². The summed E-state index contributed by atoms with van der Waals surface area (Å²) in [6.45, 7) is 6.11. The maximum atomic E-state index is 13.1. The van der Waals surface area contributed by atoms with Crippen molar-refractivity contribution in [3.8, 4) is 11.5 Å². The normalized spacial score (nSPS) is 14.0. The first-order valence-corrected chi connectivity index (χ1v) is 14.8. The van der Waals surface area contributed by atoms with E-state index in [-0.39, 0.29) is 11.4 Å². The van der Waals surface area contributed by atoms with E-state index in [2.05, 4.69) is 43.8 Å². The molecular formula is C30H26Br2N2O5S. The zero-order valence-corrected chi connectivity index (χ0v) is 25.6. The van der Waals surface area contributed by atoms with Crippen LogP contribution in [0, 0.1) is 0 Å². The number of nitrogens with zero attached hydrogens (tertiary/aromatic N) is 1. The molecule has 0 atom stereocenters. The summed E-state index contributed by atoms with van der Waals surface area (Å²) in [6.07, 6.45) is 3.90. The molecule has 1 aliphatic rings. The molecule has 1 saturated heterocycles. The van der Waals surface area contributed by atoms with E-state index >= 15 is 0 Å². The van der Waals surface area contributed by atoms with Crippen LogP contribution in [0.15, 0.2) is 87.2 Å². The van der Waals surface area contributed by atoms with Gasteiger partial charge in [0.1, 0.15) is 13.2 Å². The highest BCUT2D eigenvalue weighted by molar-refractivity contribution is 9.10. The minimum absolute atomic E-state index is 0.219. The average molecular weight is 686 g/mol. The van der Waals surface area contributed by atoms with Gasteiger partial charge in [0, 0.05) is 20.2 Å². The van der Waals surface area contributed by atoms with Crippen molar-refractivity contribution in [2.24, 2.45) is 0 Å². The largest absolute Gasteiger partial charge is 0.490 e. The van der Waals surface area contributed by atoms with E-state index in [0.717, 1.165) is 36.7 Å². The molecule has 0 unspecified atom stereocenters. The molecule has 1 N–H and O–H groups in total. The van der Waals surface area contributed by atoms with Crippen LogP contribution in [0.25, 0.3) is 6.08 Å². The van der Waals surface area contributed by atoms with E-state index in [1.807, 2.05) is 37.3 Å². The molecule has 1 heterocycles. The van der Waals surface area contributed by atoms with Gasteiger partial charge in [-0.25, -0.2) is 0 Å². The summed E-state index contributed by atoms with van der Waals surface area (Å²) < 4.78 is 13.9. The molecule has 10 heteroatoms. The number of amides is 3. The number of rotatable bonds is 11. The van der Waals surface area contributed by atoms with Gasteiger partial charge in [-0.05, 0) is 90.8 Å². The summed E-state index contributed by atoms with van der Waals surface area (Å²) >= 11 is 7.58. The monoisotopic (exact) mass is 684 g/mol. The number of thioether (sulfide) groups is 1. The van der Waals surface area contributed by atoms with Crippen LogP contribution in [0.3, 0.4) is 0 Å². The first-order valence-electron chi connectivity index (χ1n) is 12.4. The summed E-state index contributed by atoms with van der Waals surface area (Å²) in [5.41, 5.74) is 3.06. The van der Waals surface area contributed by atoms with Crippen molar-refractivity contribution in [2.45, 2.75) is 20.0 Å². The highest BCUT2D eigenvalue weighted by atomic mass is 79.9. The standard InChI is InChI=1S/C30H26Br2N2O5S/c1-3-5-21-14-20(15-25(38-4-2)28(21)39-18-19-6-8-22(31)9-7-19)16-26-29(36)34(30(37)40-26)17-27(35)33-24-12-10-23(32)11-13-24/h3,6-16H,1,4-5,17-18H2,2H3,(H,33,35)/b26-16-. The minimum Gasteiger partial charge on any atom is -0.490 e. The quantitative estimate of drug-likeness (QED) is 0.165. The lowest BCUT2D eigenvalue weighted by Crippen LogP contribution is -2.36. The fourth-order valence-electron chi connectivity index (χ4n) is 3.90. The number of anilines is 1. The number of carbonyl (C=O) groups excluding carboxylic acids is 3. The smallest absolute Gasteiger partial charge is 0.294 e. The second kappa shape index (κ2) is 13.8. The average Bonchev–Trinajstić information content (AvgIpc) is 3.18. The minimum atomic E-state index is -0.528. The molecule has 0 spiro atoms. The molecule has 0 aliphatic carbocycles. The number of carbonyl (C=O) groups is 3. The number of halogens is 2. The molecule has 0 bridgehead atoms. The molecule has 3 aromatic rings. The van der Waals surface area contributed by atoms with Crippen LogP contribution < -0.4 is 14.8 Å². The zero-order chi connectivity index (χ0) is 28.6. The summed E-state index contributed by atoms with van der Waals surface area (Å²) in [7, 11) is 0. The molecule has 1 fully saturated rings. The van der Waals surface area contributed by atoms with E-state index in [1.54, 1.807) is 42.5 Å². The van der Waals surface area contributed by atoms with Gasteiger partial charge in [0.15, 0.2) is 11.5 Å². The number of hydrogen-bond acceptors (Lipinski definition) is 6. The third-order valence-corrected chi connectivity index (χ3v) is 7.68. The number of nitrogens with one attached hydrogen (secondary N) is 1. The molecule has 7 nitrogen and oxygen atoms in total. The van der Waals surface area contributed by atoms with Crippen LogP contribution in [0.1, 0.15) is 23.6 Å². The number of hydrogen-bond donors (Lipinski definition) is 1. The Morgan fingerprint density at radius 1 is 1.02 bits per heavy atom. The molecule has 40 heavy (non-hydrogen) atoms. The summed E-state index contributed by atoms with van der Waals surface area (Å²) in [4.78, 5) is 39.4. The van der Waals surface area contributed by atoms with E-state index in [1.165, 1.54) is 0 Å². The zero-order valence-electron chi connectivity index (χ0n) is 21.6. The molecular weight excluding hydrogens is 660 g/mol. The molecule has 3 amide bonds. The predicted molar refractivity (Wildman–Crippen MR) is 165 cm³/mol. The fourth-order valence-corrected chi connectivity index (χ4v) is 5.27. The topological polar surface area (TPSA) is 84.9 Å². The lowest BCUT2D eigenvalue weighted by Gasteiger charge is -2.17. The molecule has 4 rings (SSSR count). The van der Waals surface area contributed by atoms with Crippen molar-refractivity contribution in [2.75, 3.05) is 18.5 Å². The number of imide groups is 1. The van der Waals surface area contributed by atoms with Crippen molar-refractivity contribution in [3.05, 3.63) is 104 Å². The van der Waals surface area contributed by atoms with Gasteiger partial charge in [-0.15, -0.1) is 6.58 Å². The Balaban J connectivity index is 1.54. The van der Waals surface area contributed by atoms with Gasteiger partial charge < -0.3 is 14.8 Å². The van der Waals surface area contributed by atoms with Crippen molar-refractivity contribution < 1.29 is 23.9 Å². The van der Waals surface area contributed by atoms with E-state index in [9.17, 15) is 14.4 Å². The van der Waals surface area contributed by atoms with Gasteiger partial charge in [0.25, 0.3) is 11.1 Å². The second-order valence-corrected chi connectivity index (χ2v) is 11.5. The maximum absolute atomic E-state index is 13.1. The lowest BCUT2D eigenvalue weighted by atomic mass is 10.0. The fraction of sp³-hybridized carbons (Fsp3) is 0.167. The van der Waals surface area contributed by atoms with Crippen LogP contribution in [0.4, 0.5) is 10.5 Å². The summed E-state index contributed by atoms with van der Waals surface area (Å²) in [5.74, 6) is 0.127. The van der Waals surface area contributed by atoms with Crippen LogP contribution in [-0.4, -0.2) is 35.1 Å². The highest BCUT2D eigenvalue weighted by Crippen LogP contribution is 2.38. The van der Waals surface area contributed by atoms with Gasteiger partial charge >= 0.3 is 0 Å². The molecule has 0 radical (unpaired) electrons. The summed E-state index contributed by atoms with van der Waals surface area (Å²) in [6, 6.07) is 18.5. The predicted octanol–water partition coefficient (Wildman–Crippen LogP) is 7.59. The third kappa shape index (κ3) is 7.65. The number of allylic oxidation sites excluding steroid dienone is 1. The molecule has 1 aliphatic heterocycles. The molecule has 0 saturated carbocycles. The Kier molecular flexibility index (Phi) is 10.2. The van der Waals surface area contributed by atoms with Gasteiger partial charge in [0.05, 0.1) is 11.5 Å². The van der Waals surface area contributed by atoms with Crippen molar-refractivity contribution in [1.82, 2.24) is 4.90 Å². The van der Waals surface area contributed by atoms with Crippen LogP contribution >= 0.6 is 43.6 Å². The Morgan fingerprint density at radius 2 is 1.70 bits per heavy atom. The molecule has 3 aromatic carbocycles. The van der Waals surface area contributed by atoms with Crippen LogP contribution in [0.2, 0.25) is 0 Å². The van der Waals surface area contributed by atoms with Gasteiger partial charge in [-0.2, -0.15) is 0 Å². The number of ether oxygens (including phenoxy) is 2. The Hall–Kier alpha value is -3.34. The van der Waals surface area contributed by atoms with Gasteiger partial charge in [-0.3, -0.25) is 19.3 Å². The first-order chi connectivity index (χ1) is 19.3. The van der Waals surface area contributed by atoms with Crippen molar-refractivity contribution >= 4 is 72.4 Å². The van der Waals surface area contributed by atoms with Gasteiger partial charge in [-0.1, -0.05) is 50.1 Å². The first kappa shape index (κ1) is 29.6. The van der Waals surface area contributed by atoms with E-state index in [4.69, 9.17) is 9.47 Å². The SMILES string of the molecule is C=CCc1cc(/C=C2\SC(=O)N(CC(=O)Nc3ccc(Br)cc3)C2=O)cc(OCC)c1OCc1ccc(Br)cc1. The van der Waals surface area contributed by atoms with Crippen molar-refractivity contribution in [1.29, 1.82) is 0 Å². The van der Waals surface area contributed by atoms with Crippen molar-refractivity contribution in [3.63, 3.8) is 0 Å². The van der Waals surface area contributed by atoms with Crippen LogP contribution in [0.5, 0.6) is 11.5 Å². The second-order valence-electron chi connectivity index (χ2n) is 8.67. The summed E-state index contributed by atoms with van der Waals surface area (Å²) in [5, 5.41) is 2.19. The highest BCUT2D eigenvalue weighted by Gasteiger charge is 2.36. The Bertz CT molecular complexity index is 1460. The Labute approximate surface area is 253 Å². The number of benzene rings is 3. The molecule has 206 valence electrons. The third-order valence-electron chi connectivity index (χ3n) is 5.72. The molecule has 0 aromatic heterocycles.